The molecule has 0 aliphatic heterocycles. The number of nitrogens with zero attached hydrogens (tertiary/aromatic N) is 1. The molecule has 1 heterocycles. The number of benzene rings is 2. The molecule has 2 aromatic carbocycles. The second-order valence-electron chi connectivity index (χ2n) is 8.15. The number of oxazole rings is 1. The molecule has 0 radical (unpaired) electrons. The van der Waals surface area contributed by atoms with E-state index in [0.29, 0.717) is 5.89 Å². The summed E-state index contributed by atoms with van der Waals surface area (Å²) in [5.74, 6) is 1.61. The molecular formula is C24H31NO2Si. The van der Waals surface area contributed by atoms with Gasteiger partial charge < -0.3 is 8.84 Å². The first kappa shape index (κ1) is 20.6. The number of hydrogen-bond acceptors (Lipinski definition) is 3. The maximum atomic E-state index is 6.19. The molecule has 0 bridgehead atoms. The van der Waals surface area contributed by atoms with E-state index in [9.17, 15) is 0 Å². The van der Waals surface area contributed by atoms with E-state index in [1.165, 1.54) is 12.8 Å². The molecule has 0 atom stereocenters. The topological polar surface area (TPSA) is 35.3 Å². The number of rotatable bonds is 10. The second-order valence-corrected chi connectivity index (χ2v) is 12.7. The van der Waals surface area contributed by atoms with Crippen LogP contribution in [0.2, 0.25) is 19.6 Å². The minimum atomic E-state index is -1.38. The van der Waals surface area contributed by atoms with Crippen molar-refractivity contribution in [3.63, 3.8) is 0 Å². The fourth-order valence-corrected chi connectivity index (χ4v) is 3.92. The van der Waals surface area contributed by atoms with Crippen molar-refractivity contribution in [1.82, 2.24) is 4.98 Å². The second kappa shape index (κ2) is 9.85. The van der Waals surface area contributed by atoms with Crippen molar-refractivity contribution in [2.45, 2.75) is 51.7 Å². The molecule has 0 saturated carbocycles. The first-order valence-corrected chi connectivity index (χ1v) is 13.7. The lowest BCUT2D eigenvalue weighted by atomic mass is 10.1. The van der Waals surface area contributed by atoms with E-state index in [-0.39, 0.29) is 0 Å². The predicted molar refractivity (Wildman–Crippen MR) is 119 cm³/mol. The van der Waals surface area contributed by atoms with Gasteiger partial charge in [0.15, 0.2) is 14.1 Å². The van der Waals surface area contributed by atoms with Gasteiger partial charge in [0, 0.05) is 17.7 Å². The van der Waals surface area contributed by atoms with E-state index in [1.807, 2.05) is 48.5 Å². The quantitative estimate of drug-likeness (QED) is 0.276. The molecule has 3 rings (SSSR count). The average Bonchev–Trinajstić information content (AvgIpc) is 3.12. The smallest absolute Gasteiger partial charge is 0.227 e. The van der Waals surface area contributed by atoms with Gasteiger partial charge in [0.1, 0.15) is 0 Å². The van der Waals surface area contributed by atoms with Crippen LogP contribution in [0.5, 0.6) is 0 Å². The lowest BCUT2D eigenvalue weighted by Gasteiger charge is -2.16. The van der Waals surface area contributed by atoms with Crippen molar-refractivity contribution in [3.8, 4) is 22.8 Å². The number of hydrogen-bond donors (Lipinski definition) is 0. The molecule has 1 aromatic heterocycles. The zero-order chi connectivity index (χ0) is 19.8. The zero-order valence-corrected chi connectivity index (χ0v) is 18.3. The lowest BCUT2D eigenvalue weighted by molar-refractivity contribution is 0.298. The van der Waals surface area contributed by atoms with Crippen LogP contribution in [0.3, 0.4) is 0 Å². The molecule has 3 nitrogen and oxygen atoms in total. The van der Waals surface area contributed by atoms with Gasteiger partial charge in [-0.25, -0.2) is 4.98 Å². The van der Waals surface area contributed by atoms with E-state index in [1.54, 1.807) is 0 Å². The van der Waals surface area contributed by atoms with Gasteiger partial charge in [-0.3, -0.25) is 0 Å². The summed E-state index contributed by atoms with van der Waals surface area (Å²) < 4.78 is 12.1. The van der Waals surface area contributed by atoms with E-state index in [2.05, 4.69) is 31.8 Å². The Morgan fingerprint density at radius 1 is 0.786 bits per heavy atom. The molecule has 0 unspecified atom stereocenters. The lowest BCUT2D eigenvalue weighted by Crippen LogP contribution is -2.25. The van der Waals surface area contributed by atoms with Gasteiger partial charge in [0.05, 0.1) is 5.69 Å². The molecular weight excluding hydrogens is 362 g/mol. The molecule has 0 spiro atoms. The maximum absolute atomic E-state index is 6.19. The molecule has 0 fully saturated rings. The van der Waals surface area contributed by atoms with Crippen LogP contribution in [0, 0.1) is 0 Å². The fourth-order valence-electron chi connectivity index (χ4n) is 3.17. The molecule has 3 aromatic rings. The van der Waals surface area contributed by atoms with Gasteiger partial charge in [-0.15, -0.1) is 0 Å². The predicted octanol–water partition coefficient (Wildman–Crippen LogP) is 6.96. The van der Waals surface area contributed by atoms with Crippen LogP contribution in [0.1, 0.15) is 31.4 Å². The monoisotopic (exact) mass is 393 g/mol. The average molecular weight is 394 g/mol. The zero-order valence-electron chi connectivity index (χ0n) is 17.3. The highest BCUT2D eigenvalue weighted by molar-refractivity contribution is 6.69. The Kier molecular flexibility index (Phi) is 7.23. The SMILES string of the molecule is C[Si](C)(C)OCCCCCCc1nc(-c2ccccc2)oc1-c1ccccc1. The van der Waals surface area contributed by atoms with E-state index >= 15 is 0 Å². The van der Waals surface area contributed by atoms with Crippen molar-refractivity contribution < 1.29 is 8.84 Å². The van der Waals surface area contributed by atoms with Crippen LogP contribution >= 0.6 is 0 Å². The summed E-state index contributed by atoms with van der Waals surface area (Å²) >= 11 is 0. The highest BCUT2D eigenvalue weighted by Gasteiger charge is 2.16. The van der Waals surface area contributed by atoms with Crippen molar-refractivity contribution >= 4 is 8.32 Å². The van der Waals surface area contributed by atoms with E-state index < -0.39 is 8.32 Å². The maximum Gasteiger partial charge on any atom is 0.227 e. The number of aromatic nitrogens is 1. The number of aryl methyl sites for hydroxylation is 1. The van der Waals surface area contributed by atoms with Crippen molar-refractivity contribution in [2.24, 2.45) is 0 Å². The minimum absolute atomic E-state index is 0.706. The van der Waals surface area contributed by atoms with Gasteiger partial charge >= 0.3 is 0 Å². The third-order valence-corrected chi connectivity index (χ3v) is 5.67. The van der Waals surface area contributed by atoms with E-state index in [4.69, 9.17) is 13.8 Å². The Bertz CT molecular complexity index is 838. The Labute approximate surface area is 169 Å². The molecule has 28 heavy (non-hydrogen) atoms. The molecule has 0 aliphatic rings. The molecule has 4 heteroatoms. The first-order chi connectivity index (χ1) is 13.5. The summed E-state index contributed by atoms with van der Waals surface area (Å²) in [5, 5.41) is 0. The molecule has 0 saturated heterocycles. The van der Waals surface area contributed by atoms with Crippen LogP contribution in [-0.2, 0) is 10.8 Å². The van der Waals surface area contributed by atoms with Crippen molar-refractivity contribution in [1.29, 1.82) is 0 Å². The number of unbranched alkanes of at least 4 members (excludes halogenated alkanes) is 3. The third-order valence-electron chi connectivity index (χ3n) is 4.60. The molecule has 0 N–H and O–H groups in total. The van der Waals surface area contributed by atoms with Crippen LogP contribution in [0.25, 0.3) is 22.8 Å². The first-order valence-electron chi connectivity index (χ1n) is 10.3. The Balaban J connectivity index is 1.62. The summed E-state index contributed by atoms with van der Waals surface area (Å²) in [6.07, 6.45) is 5.60. The van der Waals surface area contributed by atoms with Crippen LogP contribution in [0.4, 0.5) is 0 Å². The van der Waals surface area contributed by atoms with Gasteiger partial charge in [0.25, 0.3) is 0 Å². The Morgan fingerprint density at radius 3 is 2.04 bits per heavy atom. The van der Waals surface area contributed by atoms with E-state index in [0.717, 1.165) is 48.5 Å². The highest BCUT2D eigenvalue weighted by atomic mass is 28.4. The Hall–Kier alpha value is -2.17. The van der Waals surface area contributed by atoms with Gasteiger partial charge in [-0.05, 0) is 51.0 Å². The molecule has 0 aliphatic carbocycles. The van der Waals surface area contributed by atoms with Gasteiger partial charge in [0.2, 0.25) is 5.89 Å². The summed E-state index contributed by atoms with van der Waals surface area (Å²) in [6.45, 7) is 7.63. The van der Waals surface area contributed by atoms with Crippen LogP contribution in [0.15, 0.2) is 65.1 Å². The van der Waals surface area contributed by atoms with Crippen LogP contribution < -0.4 is 0 Å². The van der Waals surface area contributed by atoms with Crippen molar-refractivity contribution in [2.75, 3.05) is 6.61 Å². The minimum Gasteiger partial charge on any atom is -0.436 e. The summed E-state index contributed by atoms with van der Waals surface area (Å²) in [5.41, 5.74) is 3.17. The van der Waals surface area contributed by atoms with Crippen molar-refractivity contribution in [3.05, 3.63) is 66.4 Å². The van der Waals surface area contributed by atoms with Crippen LogP contribution in [-0.4, -0.2) is 19.9 Å². The Morgan fingerprint density at radius 2 is 1.39 bits per heavy atom. The highest BCUT2D eigenvalue weighted by Crippen LogP contribution is 2.30. The fraction of sp³-hybridized carbons (Fsp3) is 0.375. The summed E-state index contributed by atoms with van der Waals surface area (Å²) in [4.78, 5) is 4.84. The summed E-state index contributed by atoms with van der Waals surface area (Å²) in [7, 11) is -1.38. The molecule has 148 valence electrons. The normalized spacial score (nSPS) is 11.7. The molecule has 0 amide bonds. The van der Waals surface area contributed by atoms with Gasteiger partial charge in [-0.2, -0.15) is 0 Å². The largest absolute Gasteiger partial charge is 0.436 e. The summed E-state index contributed by atoms with van der Waals surface area (Å²) in [6, 6.07) is 20.4. The third kappa shape index (κ3) is 6.18. The van der Waals surface area contributed by atoms with Gasteiger partial charge in [-0.1, -0.05) is 61.4 Å². The standard InChI is InChI=1S/C24H31NO2Si/c1-28(2,3)26-19-13-5-4-12-18-22-23(20-14-8-6-9-15-20)27-24(25-22)21-16-10-7-11-17-21/h6-11,14-17H,4-5,12-13,18-19H2,1-3H3.